The average molecular weight is 517 g/mol. The minimum Gasteiger partial charge on any atom is -0.464 e. The fourth-order valence-corrected chi connectivity index (χ4v) is 3.55. The predicted molar refractivity (Wildman–Crippen MR) is 76.4 cm³/mol. The molecule has 0 saturated heterocycles. The molecule has 1 aromatic carbocycles. The van der Waals surface area contributed by atoms with E-state index in [1.54, 1.807) is 0 Å². The van der Waals surface area contributed by atoms with Crippen LogP contribution in [0.25, 0.3) is 0 Å². The molecule has 0 N–H and O–H groups in total. The van der Waals surface area contributed by atoms with Crippen LogP contribution in [0.5, 0.6) is 5.75 Å². The smallest absolute Gasteiger partial charge is 0.215 e. The van der Waals surface area contributed by atoms with E-state index in [0.717, 1.165) is 19.2 Å². The largest absolute Gasteiger partial charge is 0.464 e. The predicted octanol–water partition coefficient (Wildman–Crippen LogP) is 5.82. The van der Waals surface area contributed by atoms with Crippen molar-refractivity contribution >= 4 is 79.6 Å². The van der Waals surface area contributed by atoms with Gasteiger partial charge in [-0.05, 0) is 82.8 Å². The van der Waals surface area contributed by atoms with Crippen LogP contribution in [0, 0.1) is 0 Å². The molecule has 0 unspecified atom stereocenters. The third kappa shape index (κ3) is 4.12. The minimum absolute atomic E-state index is 0.571. The van der Waals surface area contributed by atoms with Crippen molar-refractivity contribution in [3.63, 3.8) is 0 Å². The number of ether oxygens (including phenoxy) is 1. The maximum absolute atomic E-state index is 5.64. The summed E-state index contributed by atoms with van der Waals surface area (Å²) in [6, 6.07) is 3.84. The Balaban J connectivity index is 3.09. The highest BCUT2D eigenvalue weighted by Gasteiger charge is 2.20. The first-order valence-electron chi connectivity index (χ1n) is 3.51. The summed E-state index contributed by atoms with van der Waals surface area (Å²) in [6.07, 6.45) is 0. The van der Waals surface area contributed by atoms with Crippen LogP contribution in [0.4, 0.5) is 0 Å². The lowest BCUT2D eigenvalue weighted by atomic mass is 10.3. The van der Waals surface area contributed by atoms with Gasteiger partial charge in [0.05, 0.1) is 8.95 Å². The van der Waals surface area contributed by atoms with Crippen molar-refractivity contribution in [1.29, 1.82) is 0 Å². The molecule has 0 spiro atoms. The zero-order chi connectivity index (χ0) is 10.9. The van der Waals surface area contributed by atoms with Gasteiger partial charge in [0, 0.05) is 4.47 Å². The van der Waals surface area contributed by atoms with Crippen molar-refractivity contribution in [3.8, 4) is 5.75 Å². The van der Waals surface area contributed by atoms with Crippen molar-refractivity contribution < 1.29 is 4.74 Å². The second-order valence-electron chi connectivity index (χ2n) is 2.61. The van der Waals surface area contributed by atoms with E-state index in [9.17, 15) is 0 Å². The summed E-state index contributed by atoms with van der Waals surface area (Å²) in [6.45, 7) is 1.86. The van der Waals surface area contributed by atoms with E-state index >= 15 is 0 Å². The lowest BCUT2D eigenvalue weighted by Crippen LogP contribution is -2.15. The van der Waals surface area contributed by atoms with Gasteiger partial charge in [-0.15, -0.1) is 0 Å². The molecule has 0 aliphatic rings. The van der Waals surface area contributed by atoms with Crippen LogP contribution in [0.2, 0.25) is 0 Å². The van der Waals surface area contributed by atoms with Crippen LogP contribution in [0.3, 0.4) is 0 Å². The quantitative estimate of drug-likeness (QED) is 0.451. The fraction of sp³-hybridized carbons (Fsp3) is 0.250. The lowest BCUT2D eigenvalue weighted by molar-refractivity contribution is 0.286. The summed E-state index contributed by atoms with van der Waals surface area (Å²) in [5, 5.41) is 0. The van der Waals surface area contributed by atoms with E-state index in [2.05, 4.69) is 79.6 Å². The first-order chi connectivity index (χ1) is 6.29. The SMILES string of the molecule is CC(Br)(Br)Oc1c(Br)cc(Br)cc1Br. The first-order valence-corrected chi connectivity index (χ1v) is 7.47. The molecule has 14 heavy (non-hydrogen) atoms. The second-order valence-corrected chi connectivity index (χ2v) is 9.32. The van der Waals surface area contributed by atoms with Gasteiger partial charge >= 0.3 is 0 Å². The number of halogens is 5. The minimum atomic E-state index is -0.571. The van der Waals surface area contributed by atoms with Gasteiger partial charge in [0.2, 0.25) is 3.42 Å². The van der Waals surface area contributed by atoms with Crippen molar-refractivity contribution in [1.82, 2.24) is 0 Å². The molecular formula is C8H5Br5O. The van der Waals surface area contributed by atoms with E-state index in [4.69, 9.17) is 4.74 Å². The fourth-order valence-electron chi connectivity index (χ4n) is 0.806. The van der Waals surface area contributed by atoms with Gasteiger partial charge in [0.1, 0.15) is 0 Å². The van der Waals surface area contributed by atoms with Gasteiger partial charge in [-0.2, -0.15) is 0 Å². The Morgan fingerprint density at radius 3 is 1.86 bits per heavy atom. The van der Waals surface area contributed by atoms with Crippen molar-refractivity contribution in [2.24, 2.45) is 0 Å². The van der Waals surface area contributed by atoms with E-state index < -0.39 is 3.42 Å². The lowest BCUT2D eigenvalue weighted by Gasteiger charge is -2.19. The third-order valence-corrected chi connectivity index (χ3v) is 3.20. The van der Waals surface area contributed by atoms with Crippen molar-refractivity contribution in [3.05, 3.63) is 25.6 Å². The Morgan fingerprint density at radius 1 is 1.07 bits per heavy atom. The number of hydrogen-bond donors (Lipinski definition) is 0. The molecule has 0 aromatic heterocycles. The Morgan fingerprint density at radius 2 is 1.50 bits per heavy atom. The van der Waals surface area contributed by atoms with Gasteiger partial charge in [0.15, 0.2) is 5.75 Å². The first kappa shape index (κ1) is 13.5. The summed E-state index contributed by atoms with van der Waals surface area (Å²) < 4.78 is 7.80. The molecule has 0 heterocycles. The van der Waals surface area contributed by atoms with E-state index in [1.165, 1.54) is 0 Å². The van der Waals surface area contributed by atoms with Crippen molar-refractivity contribution in [2.45, 2.75) is 10.3 Å². The zero-order valence-corrected chi connectivity index (χ0v) is 14.9. The third-order valence-electron chi connectivity index (χ3n) is 1.24. The number of hydrogen-bond acceptors (Lipinski definition) is 1. The van der Waals surface area contributed by atoms with Crippen molar-refractivity contribution in [2.75, 3.05) is 0 Å². The Bertz CT molecular complexity index is 321. The maximum atomic E-state index is 5.64. The van der Waals surface area contributed by atoms with Crippen LogP contribution < -0.4 is 4.74 Å². The molecule has 0 bridgehead atoms. The molecule has 1 rings (SSSR count). The van der Waals surface area contributed by atoms with Crippen LogP contribution in [0.15, 0.2) is 25.6 Å². The molecule has 1 aromatic rings. The monoisotopic (exact) mass is 512 g/mol. The Kier molecular flexibility index (Phi) is 4.98. The molecular weight excluding hydrogens is 512 g/mol. The van der Waals surface area contributed by atoms with E-state index in [1.807, 2.05) is 19.1 Å². The van der Waals surface area contributed by atoms with Gasteiger partial charge in [-0.3, -0.25) is 0 Å². The van der Waals surface area contributed by atoms with Crippen LogP contribution in [-0.4, -0.2) is 3.42 Å². The molecule has 1 nitrogen and oxygen atoms in total. The van der Waals surface area contributed by atoms with E-state index in [0.29, 0.717) is 0 Å². The molecule has 0 saturated carbocycles. The standard InChI is InChI=1S/C8H5Br5O/c1-8(12,13)14-7-5(10)2-4(9)3-6(7)11/h2-3H,1H3. The van der Waals surface area contributed by atoms with Gasteiger partial charge in [-0.25, -0.2) is 0 Å². The summed E-state index contributed by atoms with van der Waals surface area (Å²) in [7, 11) is 0. The Labute approximate surface area is 125 Å². The summed E-state index contributed by atoms with van der Waals surface area (Å²) in [4.78, 5) is 0. The highest BCUT2D eigenvalue weighted by molar-refractivity contribution is 9.25. The molecule has 0 amide bonds. The molecule has 78 valence electrons. The summed E-state index contributed by atoms with van der Waals surface area (Å²) in [5.74, 6) is 0.740. The molecule has 0 fully saturated rings. The number of alkyl halides is 2. The highest BCUT2D eigenvalue weighted by Crippen LogP contribution is 2.40. The topological polar surface area (TPSA) is 9.23 Å². The maximum Gasteiger partial charge on any atom is 0.215 e. The van der Waals surface area contributed by atoms with Gasteiger partial charge in [0.25, 0.3) is 0 Å². The van der Waals surface area contributed by atoms with Gasteiger partial charge in [-0.1, -0.05) is 15.9 Å². The van der Waals surface area contributed by atoms with Crippen LogP contribution in [0.1, 0.15) is 6.92 Å². The molecule has 0 aliphatic heterocycles. The second kappa shape index (κ2) is 5.17. The highest BCUT2D eigenvalue weighted by atomic mass is 79.9. The summed E-state index contributed by atoms with van der Waals surface area (Å²) >= 11 is 16.9. The summed E-state index contributed by atoms with van der Waals surface area (Å²) in [5.41, 5.74) is 0. The van der Waals surface area contributed by atoms with Gasteiger partial charge < -0.3 is 4.74 Å². The Hall–Kier alpha value is 1.42. The normalized spacial score (nSPS) is 11.6. The molecule has 0 atom stereocenters. The van der Waals surface area contributed by atoms with E-state index in [-0.39, 0.29) is 0 Å². The average Bonchev–Trinajstić information content (AvgIpc) is 1.95. The molecule has 6 heteroatoms. The van der Waals surface area contributed by atoms with Crippen LogP contribution in [-0.2, 0) is 0 Å². The number of rotatable bonds is 2. The van der Waals surface area contributed by atoms with Crippen LogP contribution >= 0.6 is 79.6 Å². The molecule has 0 radical (unpaired) electrons. The number of benzene rings is 1. The zero-order valence-electron chi connectivity index (χ0n) is 6.95. The molecule has 0 aliphatic carbocycles.